The van der Waals surface area contributed by atoms with Gasteiger partial charge in [0.25, 0.3) is 5.91 Å². The van der Waals surface area contributed by atoms with Gasteiger partial charge in [-0.2, -0.15) is 0 Å². The summed E-state index contributed by atoms with van der Waals surface area (Å²) in [5.41, 5.74) is 0.421. The van der Waals surface area contributed by atoms with Crippen LogP contribution < -0.4 is 10.2 Å². The van der Waals surface area contributed by atoms with E-state index in [9.17, 15) is 13.8 Å². The van der Waals surface area contributed by atoms with Crippen LogP contribution in [0.15, 0.2) is 0 Å². The molecule has 0 fully saturated rings. The predicted octanol–water partition coefficient (Wildman–Crippen LogP) is 1.79. The zero-order chi connectivity index (χ0) is 19.5. The monoisotopic (exact) mass is 386 g/mol. The number of carbonyl (C=O) groups excluding carboxylic acids is 2. The van der Waals surface area contributed by atoms with Gasteiger partial charge in [-0.3, -0.25) is 13.8 Å². The fourth-order valence-corrected chi connectivity index (χ4v) is 3.07. The van der Waals surface area contributed by atoms with Crippen molar-refractivity contribution in [2.45, 2.75) is 52.0 Å². The third-order valence-electron chi connectivity index (χ3n) is 4.10. The molecule has 2 amide bonds. The van der Waals surface area contributed by atoms with Crippen LogP contribution in [0.3, 0.4) is 0 Å². The van der Waals surface area contributed by atoms with Gasteiger partial charge in [-0.15, -0.1) is 0 Å². The Morgan fingerprint density at radius 1 is 1.27 bits per heavy atom. The zero-order valence-corrected chi connectivity index (χ0v) is 16.9. The Morgan fingerprint density at radius 2 is 1.88 bits per heavy atom. The van der Waals surface area contributed by atoms with E-state index in [0.717, 1.165) is 44.3 Å². The maximum atomic E-state index is 12.2. The standard InChI is InChI=1S/C17H30N4O4S/c1-14-19-16(20(3)13-22)15(17(23)18-2)21(14)11-9-7-5-6-8-10-12-25-26(4)24/h13H,5-12H2,1-4H3,(H,18,23). The number of amides is 2. The Balaban J connectivity index is 2.49. The molecule has 1 aromatic heterocycles. The molecule has 1 aromatic rings. The highest BCUT2D eigenvalue weighted by atomic mass is 32.2. The molecule has 1 atom stereocenters. The van der Waals surface area contributed by atoms with Crippen molar-refractivity contribution < 1.29 is 18.0 Å². The summed E-state index contributed by atoms with van der Waals surface area (Å²) < 4.78 is 17.7. The van der Waals surface area contributed by atoms with Gasteiger partial charge >= 0.3 is 0 Å². The van der Waals surface area contributed by atoms with Crippen LogP contribution in [0.1, 0.15) is 54.8 Å². The lowest BCUT2D eigenvalue weighted by molar-refractivity contribution is -0.107. The van der Waals surface area contributed by atoms with Crippen LogP contribution in [0.4, 0.5) is 5.82 Å². The van der Waals surface area contributed by atoms with E-state index in [1.807, 2.05) is 11.5 Å². The maximum absolute atomic E-state index is 12.2. The molecule has 0 saturated heterocycles. The molecule has 26 heavy (non-hydrogen) atoms. The fraction of sp³-hybridized carbons (Fsp3) is 0.706. The first-order chi connectivity index (χ1) is 12.4. The number of imidazole rings is 1. The van der Waals surface area contributed by atoms with Gasteiger partial charge in [-0.1, -0.05) is 25.7 Å². The number of anilines is 1. The lowest BCUT2D eigenvalue weighted by Gasteiger charge is -2.13. The van der Waals surface area contributed by atoms with Gasteiger partial charge in [-0.05, 0) is 19.8 Å². The molecule has 0 aliphatic heterocycles. The van der Waals surface area contributed by atoms with E-state index in [2.05, 4.69) is 10.3 Å². The van der Waals surface area contributed by atoms with Crippen LogP contribution in [-0.4, -0.2) is 53.0 Å². The van der Waals surface area contributed by atoms with Crippen molar-refractivity contribution in [3.63, 3.8) is 0 Å². The van der Waals surface area contributed by atoms with E-state index >= 15 is 0 Å². The molecule has 0 spiro atoms. The van der Waals surface area contributed by atoms with Crippen LogP contribution in [0.25, 0.3) is 0 Å². The summed E-state index contributed by atoms with van der Waals surface area (Å²) in [5, 5.41) is 2.62. The Hall–Kier alpha value is -1.74. The number of rotatable bonds is 13. The van der Waals surface area contributed by atoms with E-state index in [1.165, 1.54) is 11.2 Å². The van der Waals surface area contributed by atoms with Crippen LogP contribution in [0, 0.1) is 6.92 Å². The third-order valence-corrected chi connectivity index (χ3v) is 4.60. The summed E-state index contributed by atoms with van der Waals surface area (Å²) in [5.74, 6) is 0.852. The summed E-state index contributed by atoms with van der Waals surface area (Å²) in [6.07, 6.45) is 8.33. The third kappa shape index (κ3) is 6.87. The Morgan fingerprint density at radius 3 is 2.46 bits per heavy atom. The maximum Gasteiger partial charge on any atom is 0.271 e. The van der Waals surface area contributed by atoms with Crippen molar-refractivity contribution in [1.82, 2.24) is 14.9 Å². The zero-order valence-electron chi connectivity index (χ0n) is 16.1. The second kappa shape index (κ2) is 11.8. The topological polar surface area (TPSA) is 93.5 Å². The van der Waals surface area contributed by atoms with Crippen molar-refractivity contribution in [2.24, 2.45) is 0 Å². The number of hydrogen-bond acceptors (Lipinski definition) is 5. The average Bonchev–Trinajstić information content (AvgIpc) is 2.95. The minimum atomic E-state index is -1.18. The first-order valence-corrected chi connectivity index (χ1v) is 10.3. The predicted molar refractivity (Wildman–Crippen MR) is 103 cm³/mol. The minimum absolute atomic E-state index is 0.248. The lowest BCUT2D eigenvalue weighted by Crippen LogP contribution is -2.26. The largest absolute Gasteiger partial charge is 0.354 e. The van der Waals surface area contributed by atoms with Crippen molar-refractivity contribution in [3.05, 3.63) is 11.5 Å². The van der Waals surface area contributed by atoms with Crippen molar-refractivity contribution in [1.29, 1.82) is 0 Å². The van der Waals surface area contributed by atoms with E-state index in [0.29, 0.717) is 31.1 Å². The van der Waals surface area contributed by atoms with E-state index < -0.39 is 11.1 Å². The molecule has 1 heterocycles. The molecular formula is C17H30N4O4S. The van der Waals surface area contributed by atoms with E-state index in [1.54, 1.807) is 14.1 Å². The van der Waals surface area contributed by atoms with Gasteiger partial charge in [0.05, 0.1) is 6.61 Å². The summed E-state index contributed by atoms with van der Waals surface area (Å²) in [6, 6.07) is 0. The molecule has 9 heteroatoms. The molecule has 0 aliphatic rings. The molecule has 0 bridgehead atoms. The van der Waals surface area contributed by atoms with Gasteiger partial charge in [0, 0.05) is 26.9 Å². The summed E-state index contributed by atoms with van der Waals surface area (Å²) in [4.78, 5) is 29.0. The fourth-order valence-electron chi connectivity index (χ4n) is 2.72. The molecule has 148 valence electrons. The number of aryl methyl sites for hydroxylation is 1. The molecule has 1 unspecified atom stereocenters. The quantitative estimate of drug-likeness (QED) is 0.412. The molecule has 8 nitrogen and oxygen atoms in total. The number of hydrogen-bond donors (Lipinski definition) is 1. The van der Waals surface area contributed by atoms with Crippen LogP contribution >= 0.6 is 0 Å². The molecule has 0 saturated carbocycles. The Bertz CT molecular complexity index is 618. The number of nitrogens with one attached hydrogen (secondary N) is 1. The lowest BCUT2D eigenvalue weighted by atomic mass is 10.1. The van der Waals surface area contributed by atoms with Gasteiger partial charge < -0.3 is 14.8 Å². The van der Waals surface area contributed by atoms with E-state index in [4.69, 9.17) is 4.18 Å². The van der Waals surface area contributed by atoms with E-state index in [-0.39, 0.29) is 5.91 Å². The van der Waals surface area contributed by atoms with Crippen molar-refractivity contribution in [3.8, 4) is 0 Å². The van der Waals surface area contributed by atoms with Gasteiger partial charge in [0.15, 0.2) is 22.6 Å². The smallest absolute Gasteiger partial charge is 0.271 e. The molecule has 0 radical (unpaired) electrons. The van der Waals surface area contributed by atoms with Gasteiger partial charge in [0.1, 0.15) is 5.82 Å². The highest BCUT2D eigenvalue weighted by Gasteiger charge is 2.22. The van der Waals surface area contributed by atoms with Gasteiger partial charge in [-0.25, -0.2) is 9.19 Å². The first kappa shape index (κ1) is 22.3. The summed E-state index contributed by atoms with van der Waals surface area (Å²) in [7, 11) is 3.15. The Kier molecular flexibility index (Phi) is 10.1. The number of unbranched alkanes of at least 4 members (excludes halogenated alkanes) is 5. The normalized spacial score (nSPS) is 12.0. The highest BCUT2D eigenvalue weighted by Crippen LogP contribution is 2.21. The summed E-state index contributed by atoms with van der Waals surface area (Å²) >= 11 is -1.18. The molecule has 0 aromatic carbocycles. The average molecular weight is 387 g/mol. The van der Waals surface area contributed by atoms with Gasteiger partial charge in [0.2, 0.25) is 6.41 Å². The molecule has 0 aliphatic carbocycles. The SMILES string of the molecule is CNC(=O)c1c(N(C)C=O)nc(C)n1CCCCCCCCOS(C)=O. The number of nitrogens with zero attached hydrogens (tertiary/aromatic N) is 3. The summed E-state index contributed by atoms with van der Waals surface area (Å²) in [6.45, 7) is 3.07. The second-order valence-corrected chi connectivity index (χ2v) is 7.16. The molecular weight excluding hydrogens is 356 g/mol. The minimum Gasteiger partial charge on any atom is -0.354 e. The Labute approximate surface area is 158 Å². The van der Waals surface area contributed by atoms with Crippen LogP contribution in [0.2, 0.25) is 0 Å². The number of carbonyl (C=O) groups is 2. The highest BCUT2D eigenvalue weighted by molar-refractivity contribution is 7.79. The van der Waals surface area contributed by atoms with Crippen LogP contribution in [0.5, 0.6) is 0 Å². The molecule has 1 N–H and O–H groups in total. The second-order valence-electron chi connectivity index (χ2n) is 6.12. The van der Waals surface area contributed by atoms with Crippen molar-refractivity contribution >= 4 is 29.2 Å². The number of aromatic nitrogens is 2. The molecule has 1 rings (SSSR count). The first-order valence-electron chi connectivity index (χ1n) is 8.86. The van der Waals surface area contributed by atoms with Crippen LogP contribution in [-0.2, 0) is 26.6 Å². The van der Waals surface area contributed by atoms with Crippen molar-refractivity contribution in [2.75, 3.05) is 31.9 Å².